The van der Waals surface area contributed by atoms with Crippen molar-refractivity contribution in [3.63, 3.8) is 0 Å². The Morgan fingerprint density at radius 3 is 2.48 bits per heavy atom. The highest BCUT2D eigenvalue weighted by Gasteiger charge is 2.31. The number of hydrogen-bond acceptors (Lipinski definition) is 5. The molecule has 1 unspecified atom stereocenters. The van der Waals surface area contributed by atoms with Gasteiger partial charge in [-0.2, -0.15) is 0 Å². The van der Waals surface area contributed by atoms with Gasteiger partial charge in [0.2, 0.25) is 5.78 Å². The van der Waals surface area contributed by atoms with Crippen LogP contribution in [-0.4, -0.2) is 28.5 Å². The molecule has 1 heterocycles. The fourth-order valence-corrected chi connectivity index (χ4v) is 3.80. The summed E-state index contributed by atoms with van der Waals surface area (Å²) in [6, 6.07) is 14.0. The van der Waals surface area contributed by atoms with E-state index in [2.05, 4.69) is 0 Å². The van der Waals surface area contributed by atoms with Gasteiger partial charge in [0.25, 0.3) is 0 Å². The molecule has 0 spiro atoms. The van der Waals surface area contributed by atoms with Gasteiger partial charge in [-0.3, -0.25) is 14.4 Å². The number of halogens is 1. The van der Waals surface area contributed by atoms with Crippen LogP contribution in [0.25, 0.3) is 0 Å². The van der Waals surface area contributed by atoms with Crippen LogP contribution in [0.1, 0.15) is 22.3 Å². The number of Topliss-reactive ketones (excluding diaryl/α,β-unsaturated/α-hetero) is 2. The van der Waals surface area contributed by atoms with Crippen molar-refractivity contribution < 1.29 is 19.1 Å². The molecule has 1 atom stereocenters. The predicted molar refractivity (Wildman–Crippen MR) is 97.4 cm³/mol. The van der Waals surface area contributed by atoms with Crippen LogP contribution in [0.3, 0.4) is 0 Å². The molecule has 1 aliphatic rings. The Morgan fingerprint density at radius 2 is 1.84 bits per heavy atom. The third-order valence-electron chi connectivity index (χ3n) is 3.84. The van der Waals surface area contributed by atoms with E-state index >= 15 is 0 Å². The van der Waals surface area contributed by atoms with E-state index in [1.54, 1.807) is 36.4 Å². The maximum atomic E-state index is 12.1. The van der Waals surface area contributed by atoms with Crippen molar-refractivity contribution in [2.45, 2.75) is 18.1 Å². The molecule has 4 nitrogen and oxygen atoms in total. The normalized spacial score (nSPS) is 16.9. The number of hydrogen-bond donors (Lipinski definition) is 0. The van der Waals surface area contributed by atoms with Crippen LogP contribution in [0.2, 0.25) is 5.02 Å². The summed E-state index contributed by atoms with van der Waals surface area (Å²) in [6.45, 7) is -0.103. The second-order valence-electron chi connectivity index (χ2n) is 5.66. The van der Waals surface area contributed by atoms with E-state index in [1.807, 2.05) is 12.1 Å². The highest BCUT2D eigenvalue weighted by molar-refractivity contribution is 8.15. The number of carbonyl (C=O) groups excluding carboxylic acids is 3. The zero-order chi connectivity index (χ0) is 17.8. The second kappa shape index (κ2) is 7.85. The Morgan fingerprint density at radius 1 is 1.12 bits per heavy atom. The summed E-state index contributed by atoms with van der Waals surface area (Å²) in [4.78, 5) is 35.1. The summed E-state index contributed by atoms with van der Waals surface area (Å²) < 4.78 is 5.51. The maximum Gasteiger partial charge on any atom is 0.201 e. The van der Waals surface area contributed by atoms with Gasteiger partial charge in [0, 0.05) is 5.56 Å². The largest absolute Gasteiger partial charge is 0.485 e. The molecule has 0 aromatic heterocycles. The molecule has 128 valence electrons. The number of carbonyl (C=O) groups is 3. The van der Waals surface area contributed by atoms with Crippen LogP contribution < -0.4 is 4.74 Å². The number of ether oxygens (including phenoxy) is 1. The second-order valence-corrected chi connectivity index (χ2v) is 7.33. The van der Waals surface area contributed by atoms with Crippen molar-refractivity contribution in [1.29, 1.82) is 0 Å². The molecule has 2 aromatic carbocycles. The average molecular weight is 375 g/mol. The van der Waals surface area contributed by atoms with Gasteiger partial charge >= 0.3 is 0 Å². The van der Waals surface area contributed by atoms with Gasteiger partial charge in [-0.15, -0.1) is 0 Å². The third kappa shape index (κ3) is 4.50. The highest BCUT2D eigenvalue weighted by atomic mass is 35.5. The zero-order valence-electron chi connectivity index (χ0n) is 13.2. The van der Waals surface area contributed by atoms with Gasteiger partial charge in [-0.05, 0) is 36.2 Å². The molecule has 0 radical (unpaired) electrons. The van der Waals surface area contributed by atoms with Crippen LogP contribution in [0.15, 0.2) is 48.5 Å². The van der Waals surface area contributed by atoms with Gasteiger partial charge in [-0.1, -0.05) is 47.6 Å². The molecular weight excluding hydrogens is 360 g/mol. The standard InChI is InChI=1S/C19H15ClO4S/c20-15-4-2-1-3-14(15)17(22)11-24-13-7-5-12(6-8-13)9-18-16(21)10-19(23)25-18/h1-8,18H,9-11H2. The lowest BCUT2D eigenvalue weighted by Gasteiger charge is -2.09. The first-order valence-corrected chi connectivity index (χ1v) is 9.00. The molecule has 0 saturated carbocycles. The molecule has 2 aromatic rings. The first-order chi connectivity index (χ1) is 12.0. The Labute approximate surface area is 154 Å². The van der Waals surface area contributed by atoms with E-state index < -0.39 is 0 Å². The Bertz CT molecular complexity index is 816. The Balaban J connectivity index is 1.56. The van der Waals surface area contributed by atoms with Gasteiger partial charge in [0.1, 0.15) is 5.75 Å². The molecule has 3 rings (SSSR count). The summed E-state index contributed by atoms with van der Waals surface area (Å²) in [5, 5.41) is 0.0498. The number of rotatable bonds is 6. The van der Waals surface area contributed by atoms with E-state index in [0.717, 1.165) is 17.3 Å². The van der Waals surface area contributed by atoms with Gasteiger partial charge in [0.15, 0.2) is 17.5 Å². The zero-order valence-corrected chi connectivity index (χ0v) is 14.8. The molecule has 0 bridgehead atoms. The van der Waals surface area contributed by atoms with Crippen LogP contribution in [-0.2, 0) is 16.0 Å². The fourth-order valence-electron chi connectivity index (χ4n) is 2.53. The Hall–Kier alpha value is -2.11. The molecule has 1 fully saturated rings. The SMILES string of the molecule is O=C1CC(=O)C(Cc2ccc(OCC(=O)c3ccccc3Cl)cc2)S1. The molecule has 1 saturated heterocycles. The van der Waals surface area contributed by atoms with Gasteiger partial charge in [0.05, 0.1) is 16.7 Å². The topological polar surface area (TPSA) is 60.4 Å². The van der Waals surface area contributed by atoms with E-state index in [0.29, 0.717) is 22.8 Å². The van der Waals surface area contributed by atoms with E-state index in [-0.39, 0.29) is 35.0 Å². The van der Waals surface area contributed by atoms with Crippen molar-refractivity contribution in [3.05, 3.63) is 64.7 Å². The van der Waals surface area contributed by atoms with E-state index in [1.165, 1.54) is 0 Å². The predicted octanol–water partition coefficient (Wildman–Crippen LogP) is 3.75. The van der Waals surface area contributed by atoms with Crippen molar-refractivity contribution >= 4 is 40.0 Å². The summed E-state index contributed by atoms with van der Waals surface area (Å²) >= 11 is 7.10. The minimum atomic E-state index is -0.291. The first-order valence-electron chi connectivity index (χ1n) is 7.74. The van der Waals surface area contributed by atoms with Crippen LogP contribution >= 0.6 is 23.4 Å². The summed E-state index contributed by atoms with van der Waals surface area (Å²) in [5.74, 6) is 0.354. The molecule has 6 heteroatoms. The minimum absolute atomic E-state index is 0.0133. The van der Waals surface area contributed by atoms with Crippen molar-refractivity contribution in [2.24, 2.45) is 0 Å². The molecule has 0 N–H and O–H groups in total. The summed E-state index contributed by atoms with van der Waals surface area (Å²) in [6.07, 6.45) is 0.550. The number of ketones is 2. The molecular formula is C19H15ClO4S. The van der Waals surface area contributed by atoms with E-state index in [4.69, 9.17) is 16.3 Å². The van der Waals surface area contributed by atoms with Crippen molar-refractivity contribution in [3.8, 4) is 5.75 Å². The first kappa shape index (κ1) is 17.7. The highest BCUT2D eigenvalue weighted by Crippen LogP contribution is 2.28. The van der Waals surface area contributed by atoms with Crippen LogP contribution in [0.5, 0.6) is 5.75 Å². The van der Waals surface area contributed by atoms with Gasteiger partial charge < -0.3 is 4.74 Å². The van der Waals surface area contributed by atoms with Crippen molar-refractivity contribution in [1.82, 2.24) is 0 Å². The molecule has 25 heavy (non-hydrogen) atoms. The summed E-state index contributed by atoms with van der Waals surface area (Å²) in [7, 11) is 0. The van der Waals surface area contributed by atoms with Gasteiger partial charge in [-0.25, -0.2) is 0 Å². The lowest BCUT2D eigenvalue weighted by Crippen LogP contribution is -2.13. The lowest BCUT2D eigenvalue weighted by molar-refractivity contribution is -0.121. The van der Waals surface area contributed by atoms with E-state index in [9.17, 15) is 14.4 Å². The summed E-state index contributed by atoms with van der Waals surface area (Å²) in [5.41, 5.74) is 1.38. The molecule has 0 amide bonds. The van der Waals surface area contributed by atoms with Crippen LogP contribution in [0.4, 0.5) is 0 Å². The molecule has 0 aliphatic carbocycles. The average Bonchev–Trinajstić information content (AvgIpc) is 2.91. The Kier molecular flexibility index (Phi) is 5.56. The number of benzene rings is 2. The fraction of sp³-hybridized carbons (Fsp3) is 0.211. The van der Waals surface area contributed by atoms with Crippen molar-refractivity contribution in [2.75, 3.05) is 6.61 Å². The lowest BCUT2D eigenvalue weighted by atomic mass is 10.1. The number of thioether (sulfide) groups is 1. The third-order valence-corrected chi connectivity index (χ3v) is 5.29. The quantitative estimate of drug-likeness (QED) is 0.569. The maximum absolute atomic E-state index is 12.1. The molecule has 1 aliphatic heterocycles. The monoisotopic (exact) mass is 374 g/mol. The van der Waals surface area contributed by atoms with Crippen LogP contribution in [0, 0.1) is 0 Å². The minimum Gasteiger partial charge on any atom is -0.485 e. The smallest absolute Gasteiger partial charge is 0.201 e.